The normalized spacial score (nSPS) is 16.0. The van der Waals surface area contributed by atoms with Crippen molar-refractivity contribution in [3.8, 4) is 5.75 Å². The molecule has 3 rings (SSSR count). The van der Waals surface area contributed by atoms with Crippen molar-refractivity contribution in [2.24, 2.45) is 0 Å². The van der Waals surface area contributed by atoms with Crippen molar-refractivity contribution in [2.75, 3.05) is 31.1 Å². The van der Waals surface area contributed by atoms with E-state index in [1.165, 1.54) is 12.1 Å². The van der Waals surface area contributed by atoms with Crippen molar-refractivity contribution < 1.29 is 17.9 Å². The van der Waals surface area contributed by atoms with E-state index in [9.17, 15) is 13.2 Å². The molecule has 0 atom stereocenters. The average Bonchev–Trinajstić information content (AvgIpc) is 2.48. The zero-order valence-electron chi connectivity index (χ0n) is 12.4. The summed E-state index contributed by atoms with van der Waals surface area (Å²) in [6, 6.07) is 4.25. The third kappa shape index (κ3) is 3.53. The lowest BCUT2D eigenvalue weighted by Crippen LogP contribution is -2.43. The monoisotopic (exact) mass is 389 g/mol. The molecule has 0 bridgehead atoms. The molecule has 0 unspecified atom stereocenters. The molecule has 0 aliphatic carbocycles. The summed E-state index contributed by atoms with van der Waals surface area (Å²) < 4.78 is 42.3. The molecule has 2 heterocycles. The first-order valence-electron chi connectivity index (χ1n) is 7.16. The molecule has 1 saturated heterocycles. The number of hydrogen-bond donors (Lipinski definition) is 1. The quantitative estimate of drug-likeness (QED) is 0.850. The van der Waals surface area contributed by atoms with E-state index in [0.717, 1.165) is 42.0 Å². The Kier molecular flexibility index (Phi) is 4.37. The summed E-state index contributed by atoms with van der Waals surface area (Å²) in [4.78, 5) is 6.59. The van der Waals surface area contributed by atoms with Gasteiger partial charge >= 0.3 is 6.36 Å². The number of fused-ring (bicyclic) bond motifs is 1. The molecule has 1 N–H and O–H groups in total. The maximum Gasteiger partial charge on any atom is 0.573 e. The van der Waals surface area contributed by atoms with Crippen molar-refractivity contribution in [1.82, 2.24) is 10.3 Å². The molecule has 8 heteroatoms. The van der Waals surface area contributed by atoms with Gasteiger partial charge in [-0.3, -0.25) is 4.98 Å². The molecule has 0 saturated carbocycles. The maximum absolute atomic E-state index is 12.5. The van der Waals surface area contributed by atoms with Crippen LogP contribution in [0.2, 0.25) is 0 Å². The van der Waals surface area contributed by atoms with Gasteiger partial charge in [0, 0.05) is 31.6 Å². The number of anilines is 1. The van der Waals surface area contributed by atoms with E-state index in [2.05, 4.69) is 35.9 Å². The number of ether oxygens (including phenoxy) is 1. The van der Waals surface area contributed by atoms with Crippen LogP contribution >= 0.6 is 15.9 Å². The lowest BCUT2D eigenvalue weighted by molar-refractivity contribution is -0.274. The fourth-order valence-corrected chi connectivity index (χ4v) is 3.27. The minimum atomic E-state index is -4.71. The second-order valence-corrected chi connectivity index (χ2v) is 6.12. The summed E-state index contributed by atoms with van der Waals surface area (Å²) >= 11 is 3.54. The van der Waals surface area contributed by atoms with Gasteiger partial charge in [0.15, 0.2) is 0 Å². The number of pyridine rings is 1. The number of hydrogen-bond acceptors (Lipinski definition) is 4. The molecule has 0 amide bonds. The Morgan fingerprint density at radius 2 is 1.96 bits per heavy atom. The highest BCUT2D eigenvalue weighted by atomic mass is 79.9. The number of halogens is 4. The Balaban J connectivity index is 2.13. The first-order chi connectivity index (χ1) is 10.8. The Bertz CT molecular complexity index is 730. The first-order valence-corrected chi connectivity index (χ1v) is 7.96. The van der Waals surface area contributed by atoms with Crippen molar-refractivity contribution in [1.29, 1.82) is 0 Å². The van der Waals surface area contributed by atoms with Gasteiger partial charge in [-0.1, -0.05) is 0 Å². The molecule has 1 aromatic heterocycles. The van der Waals surface area contributed by atoms with Crippen LogP contribution < -0.4 is 15.0 Å². The van der Waals surface area contributed by atoms with Gasteiger partial charge in [-0.2, -0.15) is 0 Å². The number of benzene rings is 1. The van der Waals surface area contributed by atoms with Crippen molar-refractivity contribution in [3.63, 3.8) is 0 Å². The van der Waals surface area contributed by atoms with Crippen LogP contribution in [0.3, 0.4) is 0 Å². The van der Waals surface area contributed by atoms with Crippen molar-refractivity contribution in [3.05, 3.63) is 28.4 Å². The smallest absolute Gasteiger partial charge is 0.406 e. The molecule has 1 aliphatic heterocycles. The Labute approximate surface area is 139 Å². The minimum absolute atomic E-state index is 0.237. The molecule has 124 valence electrons. The van der Waals surface area contributed by atoms with E-state index < -0.39 is 6.36 Å². The minimum Gasteiger partial charge on any atom is -0.406 e. The molecule has 1 aliphatic rings. The maximum atomic E-state index is 12.5. The van der Waals surface area contributed by atoms with Gasteiger partial charge in [-0.15, -0.1) is 13.2 Å². The summed E-state index contributed by atoms with van der Waals surface area (Å²) in [5.74, 6) is -0.237. The summed E-state index contributed by atoms with van der Waals surface area (Å²) in [6.07, 6.45) is -4.71. The summed E-state index contributed by atoms with van der Waals surface area (Å²) in [7, 11) is 0. The van der Waals surface area contributed by atoms with Crippen LogP contribution in [0.25, 0.3) is 10.9 Å². The summed E-state index contributed by atoms with van der Waals surface area (Å²) in [5.41, 5.74) is 2.31. The molecule has 0 radical (unpaired) electrons. The van der Waals surface area contributed by atoms with E-state index in [4.69, 9.17) is 0 Å². The lowest BCUT2D eigenvalue weighted by Gasteiger charge is -2.31. The van der Waals surface area contributed by atoms with E-state index in [1.807, 2.05) is 6.92 Å². The largest absolute Gasteiger partial charge is 0.573 e. The molecule has 0 spiro atoms. The van der Waals surface area contributed by atoms with Gasteiger partial charge < -0.3 is 15.0 Å². The van der Waals surface area contributed by atoms with Crippen LogP contribution in [0.5, 0.6) is 5.75 Å². The lowest BCUT2D eigenvalue weighted by atomic mass is 10.1. The topological polar surface area (TPSA) is 37.4 Å². The second-order valence-electron chi connectivity index (χ2n) is 5.32. The molecule has 4 nitrogen and oxygen atoms in total. The molecular weight excluding hydrogens is 375 g/mol. The standard InChI is InChI=1S/C15H15BrF3N3O/c1-9-13(16)14(22-6-4-20-5-7-22)11-8-10(23-15(17,18)19)2-3-12(11)21-9/h2-3,8,20H,4-7H2,1H3. The predicted octanol–water partition coefficient (Wildman–Crippen LogP) is 3.61. The average molecular weight is 390 g/mol. The highest BCUT2D eigenvalue weighted by Gasteiger charge is 2.31. The number of rotatable bonds is 2. The Morgan fingerprint density at radius 1 is 1.26 bits per heavy atom. The molecule has 2 aromatic rings. The fourth-order valence-electron chi connectivity index (χ4n) is 2.72. The van der Waals surface area contributed by atoms with Crippen LogP contribution in [-0.4, -0.2) is 37.5 Å². The van der Waals surface area contributed by atoms with Gasteiger partial charge in [0.05, 0.1) is 21.4 Å². The number of aromatic nitrogens is 1. The van der Waals surface area contributed by atoms with Crippen LogP contribution in [0.15, 0.2) is 22.7 Å². The SMILES string of the molecule is Cc1nc2ccc(OC(F)(F)F)cc2c(N2CCNCC2)c1Br. The highest BCUT2D eigenvalue weighted by molar-refractivity contribution is 9.10. The molecular formula is C15H15BrF3N3O. The number of piperazine rings is 1. The van der Waals surface area contributed by atoms with Gasteiger partial charge in [0.1, 0.15) is 5.75 Å². The number of alkyl halides is 3. The Morgan fingerprint density at radius 3 is 2.61 bits per heavy atom. The van der Waals surface area contributed by atoms with Gasteiger partial charge in [0.2, 0.25) is 0 Å². The summed E-state index contributed by atoms with van der Waals surface area (Å²) in [5, 5.41) is 3.91. The van der Waals surface area contributed by atoms with Crippen molar-refractivity contribution >= 4 is 32.5 Å². The van der Waals surface area contributed by atoms with Crippen LogP contribution in [-0.2, 0) is 0 Å². The van der Waals surface area contributed by atoms with Crippen LogP contribution in [0, 0.1) is 6.92 Å². The van der Waals surface area contributed by atoms with Gasteiger partial charge in [0.25, 0.3) is 0 Å². The van der Waals surface area contributed by atoms with E-state index in [1.54, 1.807) is 6.07 Å². The fraction of sp³-hybridized carbons (Fsp3) is 0.400. The first kappa shape index (κ1) is 16.3. The number of nitrogens with zero attached hydrogens (tertiary/aromatic N) is 2. The predicted molar refractivity (Wildman–Crippen MR) is 85.9 cm³/mol. The second kappa shape index (κ2) is 6.16. The van der Waals surface area contributed by atoms with E-state index in [-0.39, 0.29) is 5.75 Å². The van der Waals surface area contributed by atoms with Gasteiger partial charge in [-0.25, -0.2) is 0 Å². The van der Waals surface area contributed by atoms with E-state index in [0.29, 0.717) is 10.9 Å². The van der Waals surface area contributed by atoms with Crippen molar-refractivity contribution in [2.45, 2.75) is 13.3 Å². The molecule has 1 fully saturated rings. The van der Waals surface area contributed by atoms with Crippen LogP contribution in [0.1, 0.15) is 5.69 Å². The number of nitrogens with one attached hydrogen (secondary N) is 1. The molecule has 1 aromatic carbocycles. The van der Waals surface area contributed by atoms with E-state index >= 15 is 0 Å². The van der Waals surface area contributed by atoms with Gasteiger partial charge in [-0.05, 0) is 41.1 Å². The third-order valence-electron chi connectivity index (χ3n) is 3.70. The highest BCUT2D eigenvalue weighted by Crippen LogP contribution is 2.38. The number of aryl methyl sites for hydroxylation is 1. The zero-order chi connectivity index (χ0) is 16.6. The third-order valence-corrected chi connectivity index (χ3v) is 4.65. The Hall–Kier alpha value is -1.54. The van der Waals surface area contributed by atoms with Crippen LogP contribution in [0.4, 0.5) is 18.9 Å². The summed E-state index contributed by atoms with van der Waals surface area (Å²) in [6.45, 7) is 5.08. The molecule has 23 heavy (non-hydrogen) atoms. The zero-order valence-corrected chi connectivity index (χ0v) is 14.0.